The van der Waals surface area contributed by atoms with Crippen LogP contribution in [-0.4, -0.2) is 61.6 Å². The Labute approximate surface area is 151 Å². The van der Waals surface area contributed by atoms with E-state index in [-0.39, 0.29) is 42.0 Å². The lowest BCUT2D eigenvalue weighted by Gasteiger charge is -2.25. The van der Waals surface area contributed by atoms with Gasteiger partial charge in [-0.05, 0) is 47.6 Å². The number of carbonyl (C=O) groups excluding carboxylic acids is 1. The number of rotatable bonds is 6. The van der Waals surface area contributed by atoms with Crippen LogP contribution >= 0.6 is 24.0 Å². The third kappa shape index (κ3) is 8.77. The Balaban J connectivity index is 0.00000441. The summed E-state index contributed by atoms with van der Waals surface area (Å²) < 4.78 is 0. The fraction of sp³-hybridized carbons (Fsp3) is 0.867. The minimum atomic E-state index is -0.211. The summed E-state index contributed by atoms with van der Waals surface area (Å²) in [5, 5.41) is 9.22. The Hall–Kier alpha value is -0.570. The van der Waals surface area contributed by atoms with Crippen LogP contribution in [0.15, 0.2) is 4.99 Å². The number of nitrogens with one attached hydrogen (secondary N) is 3. The van der Waals surface area contributed by atoms with Crippen LogP contribution < -0.4 is 16.0 Å². The highest BCUT2D eigenvalue weighted by Gasteiger charge is 2.28. The van der Waals surface area contributed by atoms with Gasteiger partial charge in [0.1, 0.15) is 0 Å². The first-order chi connectivity index (χ1) is 9.73. The summed E-state index contributed by atoms with van der Waals surface area (Å²) >= 11 is 0. The summed E-state index contributed by atoms with van der Waals surface area (Å²) in [5.41, 5.74) is -0.211. The molecule has 0 aliphatic heterocycles. The minimum Gasteiger partial charge on any atom is -0.355 e. The van der Waals surface area contributed by atoms with Crippen molar-refractivity contribution in [3.63, 3.8) is 0 Å². The predicted molar refractivity (Wildman–Crippen MR) is 103 cm³/mol. The Kier molecular flexibility index (Phi) is 9.30. The quantitative estimate of drug-likeness (QED) is 0.340. The summed E-state index contributed by atoms with van der Waals surface area (Å²) in [5.74, 6) is 0.628. The van der Waals surface area contributed by atoms with Crippen molar-refractivity contribution in [2.24, 2.45) is 4.99 Å². The van der Waals surface area contributed by atoms with Gasteiger partial charge in [-0.15, -0.1) is 24.0 Å². The average molecular weight is 425 g/mol. The van der Waals surface area contributed by atoms with Crippen LogP contribution in [-0.2, 0) is 4.79 Å². The molecule has 1 fully saturated rings. The van der Waals surface area contributed by atoms with Crippen LogP contribution in [0.2, 0.25) is 0 Å². The lowest BCUT2D eigenvalue weighted by molar-refractivity contribution is -0.121. The third-order valence-corrected chi connectivity index (χ3v) is 3.54. The molecule has 0 radical (unpaired) electrons. The summed E-state index contributed by atoms with van der Waals surface area (Å²) in [6.07, 6.45) is 2.61. The highest BCUT2D eigenvalue weighted by Crippen LogP contribution is 2.26. The van der Waals surface area contributed by atoms with E-state index in [9.17, 15) is 4.79 Å². The molecule has 6 nitrogen and oxygen atoms in total. The van der Waals surface area contributed by atoms with Crippen molar-refractivity contribution in [2.45, 2.75) is 58.2 Å². The number of carbonyl (C=O) groups is 1. The van der Waals surface area contributed by atoms with Crippen molar-refractivity contribution in [3.05, 3.63) is 0 Å². The normalized spacial score (nSPS) is 16.8. The van der Waals surface area contributed by atoms with E-state index in [0.29, 0.717) is 12.0 Å². The first-order valence-electron chi connectivity index (χ1n) is 7.70. The fourth-order valence-corrected chi connectivity index (χ4v) is 2.08. The van der Waals surface area contributed by atoms with Crippen LogP contribution in [0, 0.1) is 0 Å². The standard InChI is InChI=1S/C15H31N5O.HI/c1-11(20(6)12-7-8-12)9-17-14(16-5)18-10-13(21)19-15(2,3)4;/h11-12H,7-10H2,1-6H3,(H,19,21)(H2,16,17,18);1H. The molecular formula is C15H32IN5O. The van der Waals surface area contributed by atoms with Crippen molar-refractivity contribution in [2.75, 3.05) is 27.2 Å². The molecule has 0 spiro atoms. The number of hydrogen-bond acceptors (Lipinski definition) is 3. The van der Waals surface area contributed by atoms with Gasteiger partial charge in [0, 0.05) is 31.2 Å². The summed E-state index contributed by atoms with van der Waals surface area (Å²) in [4.78, 5) is 18.3. The van der Waals surface area contributed by atoms with Crippen LogP contribution in [0.4, 0.5) is 0 Å². The molecule has 0 saturated heterocycles. The summed E-state index contributed by atoms with van der Waals surface area (Å²) in [6.45, 7) is 9.14. The number of halogens is 1. The number of nitrogens with zero attached hydrogens (tertiary/aromatic N) is 2. The molecule has 0 aromatic carbocycles. The maximum Gasteiger partial charge on any atom is 0.239 e. The second-order valence-electron chi connectivity index (χ2n) is 6.85. The third-order valence-electron chi connectivity index (χ3n) is 3.54. The van der Waals surface area contributed by atoms with Crippen molar-refractivity contribution in [1.82, 2.24) is 20.9 Å². The lowest BCUT2D eigenvalue weighted by Crippen LogP contribution is -2.50. The molecule has 1 rings (SSSR count). The molecule has 0 bridgehead atoms. The molecule has 0 heterocycles. The molecule has 0 aromatic heterocycles. The number of amides is 1. The maximum absolute atomic E-state index is 11.8. The highest BCUT2D eigenvalue weighted by molar-refractivity contribution is 14.0. The van der Waals surface area contributed by atoms with Crippen LogP contribution in [0.5, 0.6) is 0 Å². The fourth-order valence-electron chi connectivity index (χ4n) is 2.08. The van der Waals surface area contributed by atoms with E-state index < -0.39 is 0 Å². The van der Waals surface area contributed by atoms with Crippen molar-refractivity contribution in [1.29, 1.82) is 0 Å². The molecule has 130 valence electrons. The Morgan fingerprint density at radius 2 is 1.91 bits per heavy atom. The minimum absolute atomic E-state index is 0. The molecule has 0 aromatic rings. The zero-order valence-corrected chi connectivity index (χ0v) is 17.0. The SMILES string of the molecule is CN=C(NCC(=O)NC(C)(C)C)NCC(C)N(C)C1CC1.I. The molecule has 1 amide bonds. The van der Waals surface area contributed by atoms with Gasteiger partial charge >= 0.3 is 0 Å². The molecule has 3 N–H and O–H groups in total. The van der Waals surface area contributed by atoms with Gasteiger partial charge in [-0.2, -0.15) is 0 Å². The first kappa shape index (κ1) is 21.4. The smallest absolute Gasteiger partial charge is 0.239 e. The summed E-state index contributed by atoms with van der Waals surface area (Å²) in [7, 11) is 3.88. The topological polar surface area (TPSA) is 68.8 Å². The van der Waals surface area contributed by atoms with E-state index in [1.54, 1.807) is 7.05 Å². The highest BCUT2D eigenvalue weighted by atomic mass is 127. The van der Waals surface area contributed by atoms with Gasteiger partial charge in [0.15, 0.2) is 5.96 Å². The zero-order chi connectivity index (χ0) is 16.0. The molecular weight excluding hydrogens is 393 g/mol. The van der Waals surface area contributed by atoms with E-state index in [1.807, 2.05) is 20.8 Å². The van der Waals surface area contributed by atoms with Crippen LogP contribution in [0.3, 0.4) is 0 Å². The Morgan fingerprint density at radius 1 is 1.32 bits per heavy atom. The number of hydrogen-bond donors (Lipinski definition) is 3. The largest absolute Gasteiger partial charge is 0.355 e. The summed E-state index contributed by atoms with van der Waals surface area (Å²) in [6, 6.07) is 1.19. The van der Waals surface area contributed by atoms with E-state index in [0.717, 1.165) is 12.6 Å². The van der Waals surface area contributed by atoms with Crippen LogP contribution in [0.25, 0.3) is 0 Å². The van der Waals surface area contributed by atoms with Gasteiger partial charge in [-0.25, -0.2) is 0 Å². The predicted octanol–water partition coefficient (Wildman–Crippen LogP) is 1.17. The van der Waals surface area contributed by atoms with Gasteiger partial charge in [0.25, 0.3) is 0 Å². The number of likely N-dealkylation sites (N-methyl/N-ethyl adjacent to an activating group) is 1. The monoisotopic (exact) mass is 425 g/mol. The van der Waals surface area contributed by atoms with Gasteiger partial charge < -0.3 is 16.0 Å². The maximum atomic E-state index is 11.8. The molecule has 1 aliphatic rings. The van der Waals surface area contributed by atoms with Crippen LogP contribution in [0.1, 0.15) is 40.5 Å². The first-order valence-corrected chi connectivity index (χ1v) is 7.70. The van der Waals surface area contributed by atoms with Gasteiger partial charge in [0.05, 0.1) is 6.54 Å². The molecule has 7 heteroatoms. The lowest BCUT2D eigenvalue weighted by atomic mass is 10.1. The second kappa shape index (κ2) is 9.54. The van der Waals surface area contributed by atoms with E-state index >= 15 is 0 Å². The van der Waals surface area contributed by atoms with Gasteiger partial charge in [-0.3, -0.25) is 14.7 Å². The molecule has 1 aliphatic carbocycles. The second-order valence-corrected chi connectivity index (χ2v) is 6.85. The van der Waals surface area contributed by atoms with Crippen molar-refractivity contribution >= 4 is 35.8 Å². The molecule has 1 unspecified atom stereocenters. The van der Waals surface area contributed by atoms with Crippen molar-refractivity contribution in [3.8, 4) is 0 Å². The number of guanidine groups is 1. The van der Waals surface area contributed by atoms with E-state index in [1.165, 1.54) is 12.8 Å². The van der Waals surface area contributed by atoms with Gasteiger partial charge in [0.2, 0.25) is 5.91 Å². The van der Waals surface area contributed by atoms with Gasteiger partial charge in [-0.1, -0.05) is 0 Å². The molecule has 1 atom stereocenters. The molecule has 1 saturated carbocycles. The average Bonchev–Trinajstić information content (AvgIpc) is 3.19. The molecule has 22 heavy (non-hydrogen) atoms. The van der Waals surface area contributed by atoms with Crippen molar-refractivity contribution < 1.29 is 4.79 Å². The van der Waals surface area contributed by atoms with E-state index in [4.69, 9.17) is 0 Å². The van der Waals surface area contributed by atoms with E-state index in [2.05, 4.69) is 39.8 Å². The number of aliphatic imine (C=N–C) groups is 1. The zero-order valence-electron chi connectivity index (χ0n) is 14.7. The Morgan fingerprint density at radius 3 is 2.36 bits per heavy atom. The Bertz CT molecular complexity index is 377.